The second kappa shape index (κ2) is 6.02. The third-order valence-electron chi connectivity index (χ3n) is 2.51. The molecule has 0 aromatic heterocycles. The van der Waals surface area contributed by atoms with Gasteiger partial charge in [-0.3, -0.25) is 0 Å². The number of nitrogens with zero attached hydrogens (tertiary/aromatic N) is 2. The Morgan fingerprint density at radius 1 is 1.25 bits per heavy atom. The number of rotatable bonds is 5. The molecular formula is C13H19N3. The van der Waals surface area contributed by atoms with Crippen molar-refractivity contribution in [2.75, 3.05) is 23.7 Å². The number of anilines is 2. The second-order valence-electron chi connectivity index (χ2n) is 3.87. The van der Waals surface area contributed by atoms with E-state index in [-0.39, 0.29) is 0 Å². The van der Waals surface area contributed by atoms with Crippen LogP contribution < -0.4 is 10.6 Å². The standard InChI is InChI=1S/C13H19N3/c1-3-7-16(8-4-2)12-5-6-13(15)11(9-12)10-14/h5-6,9H,3-4,7-8,15H2,1-2H3. The van der Waals surface area contributed by atoms with E-state index in [1.807, 2.05) is 18.2 Å². The van der Waals surface area contributed by atoms with Crippen LogP contribution in [0.25, 0.3) is 0 Å². The van der Waals surface area contributed by atoms with E-state index in [1.165, 1.54) is 0 Å². The van der Waals surface area contributed by atoms with Crippen molar-refractivity contribution in [2.24, 2.45) is 0 Å². The van der Waals surface area contributed by atoms with Gasteiger partial charge in [0.1, 0.15) is 6.07 Å². The van der Waals surface area contributed by atoms with Crippen molar-refractivity contribution in [3.05, 3.63) is 23.8 Å². The van der Waals surface area contributed by atoms with Crippen molar-refractivity contribution in [3.8, 4) is 6.07 Å². The summed E-state index contributed by atoms with van der Waals surface area (Å²) in [5, 5.41) is 8.94. The first-order valence-corrected chi connectivity index (χ1v) is 5.77. The first-order chi connectivity index (χ1) is 7.72. The van der Waals surface area contributed by atoms with Gasteiger partial charge in [-0.2, -0.15) is 5.26 Å². The third kappa shape index (κ3) is 2.90. The van der Waals surface area contributed by atoms with E-state index in [4.69, 9.17) is 11.0 Å². The summed E-state index contributed by atoms with van der Waals surface area (Å²) in [6.07, 6.45) is 2.21. The second-order valence-corrected chi connectivity index (χ2v) is 3.87. The number of nitriles is 1. The molecule has 0 atom stereocenters. The quantitative estimate of drug-likeness (QED) is 0.771. The van der Waals surface area contributed by atoms with Gasteiger partial charge in [-0.05, 0) is 31.0 Å². The van der Waals surface area contributed by atoms with Crippen LogP contribution in [0, 0.1) is 11.3 Å². The van der Waals surface area contributed by atoms with E-state index in [9.17, 15) is 0 Å². The van der Waals surface area contributed by atoms with Gasteiger partial charge in [-0.1, -0.05) is 13.8 Å². The number of nitrogen functional groups attached to an aromatic ring is 1. The molecule has 0 aliphatic carbocycles. The molecule has 0 amide bonds. The fourth-order valence-corrected chi connectivity index (χ4v) is 1.75. The van der Waals surface area contributed by atoms with Crippen LogP contribution in [0.5, 0.6) is 0 Å². The maximum absolute atomic E-state index is 8.94. The van der Waals surface area contributed by atoms with Gasteiger partial charge in [0.05, 0.1) is 5.56 Å². The molecule has 0 bridgehead atoms. The lowest BCUT2D eigenvalue weighted by Gasteiger charge is -2.24. The predicted molar refractivity (Wildman–Crippen MR) is 68.4 cm³/mol. The smallest absolute Gasteiger partial charge is 0.101 e. The molecule has 0 unspecified atom stereocenters. The fraction of sp³-hybridized carbons (Fsp3) is 0.462. The topological polar surface area (TPSA) is 53.0 Å². The third-order valence-corrected chi connectivity index (χ3v) is 2.51. The number of benzene rings is 1. The van der Waals surface area contributed by atoms with Crippen LogP contribution in [0.4, 0.5) is 11.4 Å². The summed E-state index contributed by atoms with van der Waals surface area (Å²) in [7, 11) is 0. The lowest BCUT2D eigenvalue weighted by Crippen LogP contribution is -2.24. The van der Waals surface area contributed by atoms with Gasteiger partial charge in [0.2, 0.25) is 0 Å². The molecule has 1 aromatic rings. The summed E-state index contributed by atoms with van der Waals surface area (Å²) < 4.78 is 0. The molecule has 86 valence electrons. The number of hydrogen-bond acceptors (Lipinski definition) is 3. The van der Waals surface area contributed by atoms with Crippen LogP contribution in [0.1, 0.15) is 32.3 Å². The first kappa shape index (κ1) is 12.4. The van der Waals surface area contributed by atoms with Gasteiger partial charge in [-0.25, -0.2) is 0 Å². The van der Waals surface area contributed by atoms with Gasteiger partial charge >= 0.3 is 0 Å². The highest BCUT2D eigenvalue weighted by atomic mass is 15.1. The average molecular weight is 217 g/mol. The zero-order valence-electron chi connectivity index (χ0n) is 10.0. The Morgan fingerprint density at radius 3 is 2.38 bits per heavy atom. The minimum Gasteiger partial charge on any atom is -0.398 e. The fourth-order valence-electron chi connectivity index (χ4n) is 1.75. The zero-order valence-corrected chi connectivity index (χ0v) is 10.0. The summed E-state index contributed by atoms with van der Waals surface area (Å²) in [4.78, 5) is 2.29. The minimum absolute atomic E-state index is 0.555. The van der Waals surface area contributed by atoms with Crippen molar-refractivity contribution in [3.63, 3.8) is 0 Å². The molecular weight excluding hydrogens is 198 g/mol. The largest absolute Gasteiger partial charge is 0.398 e. The van der Waals surface area contributed by atoms with E-state index in [0.29, 0.717) is 11.3 Å². The summed E-state index contributed by atoms with van der Waals surface area (Å²) >= 11 is 0. The Labute approximate surface area is 97.5 Å². The van der Waals surface area contributed by atoms with E-state index < -0.39 is 0 Å². The molecule has 1 aromatic carbocycles. The summed E-state index contributed by atoms with van der Waals surface area (Å²) in [5.74, 6) is 0. The van der Waals surface area contributed by atoms with Crippen LogP contribution in [-0.2, 0) is 0 Å². The minimum atomic E-state index is 0.555. The Morgan fingerprint density at radius 2 is 1.88 bits per heavy atom. The molecule has 0 spiro atoms. The normalized spacial score (nSPS) is 9.81. The highest BCUT2D eigenvalue weighted by Crippen LogP contribution is 2.21. The van der Waals surface area contributed by atoms with Crippen molar-refractivity contribution < 1.29 is 0 Å². The van der Waals surface area contributed by atoms with Gasteiger partial charge in [-0.15, -0.1) is 0 Å². The average Bonchev–Trinajstić information content (AvgIpc) is 2.29. The Bertz CT molecular complexity index is 373. The molecule has 0 saturated heterocycles. The first-order valence-electron chi connectivity index (χ1n) is 5.77. The van der Waals surface area contributed by atoms with Crippen LogP contribution in [0.2, 0.25) is 0 Å². The molecule has 2 N–H and O–H groups in total. The molecule has 0 radical (unpaired) electrons. The number of nitrogens with two attached hydrogens (primary N) is 1. The van der Waals surface area contributed by atoms with Crippen LogP contribution in [0.3, 0.4) is 0 Å². The Balaban J connectivity index is 2.96. The Hall–Kier alpha value is -1.69. The summed E-state index contributed by atoms with van der Waals surface area (Å²) in [6, 6.07) is 7.80. The maximum atomic E-state index is 8.94. The van der Waals surface area contributed by atoms with E-state index in [1.54, 1.807) is 0 Å². The summed E-state index contributed by atoms with van der Waals surface area (Å²) in [6.45, 7) is 6.35. The number of hydrogen-bond donors (Lipinski definition) is 1. The Kier molecular flexibility index (Phi) is 4.65. The van der Waals surface area contributed by atoms with E-state index in [0.717, 1.165) is 31.6 Å². The maximum Gasteiger partial charge on any atom is 0.101 e. The molecule has 0 aliphatic heterocycles. The molecule has 16 heavy (non-hydrogen) atoms. The molecule has 0 heterocycles. The SMILES string of the molecule is CCCN(CCC)c1ccc(N)c(C#N)c1. The van der Waals surface area contributed by atoms with Crippen LogP contribution >= 0.6 is 0 Å². The molecule has 3 nitrogen and oxygen atoms in total. The lowest BCUT2D eigenvalue weighted by molar-refractivity contribution is 0.745. The molecule has 0 saturated carbocycles. The van der Waals surface area contributed by atoms with Gasteiger partial charge in [0, 0.05) is 24.5 Å². The summed E-state index contributed by atoms with van der Waals surface area (Å²) in [5.41, 5.74) is 7.92. The van der Waals surface area contributed by atoms with Crippen molar-refractivity contribution >= 4 is 11.4 Å². The van der Waals surface area contributed by atoms with E-state index in [2.05, 4.69) is 24.8 Å². The van der Waals surface area contributed by atoms with Crippen molar-refractivity contribution in [1.29, 1.82) is 5.26 Å². The predicted octanol–water partition coefficient (Wildman–Crippen LogP) is 2.77. The highest BCUT2D eigenvalue weighted by molar-refractivity contribution is 5.62. The highest BCUT2D eigenvalue weighted by Gasteiger charge is 2.06. The van der Waals surface area contributed by atoms with Crippen LogP contribution in [-0.4, -0.2) is 13.1 Å². The van der Waals surface area contributed by atoms with E-state index >= 15 is 0 Å². The monoisotopic (exact) mass is 217 g/mol. The molecule has 1 rings (SSSR count). The molecule has 0 aliphatic rings. The van der Waals surface area contributed by atoms with Gasteiger partial charge in [0.15, 0.2) is 0 Å². The van der Waals surface area contributed by atoms with Gasteiger partial charge < -0.3 is 10.6 Å². The van der Waals surface area contributed by atoms with Crippen molar-refractivity contribution in [2.45, 2.75) is 26.7 Å². The molecule has 3 heteroatoms. The van der Waals surface area contributed by atoms with Crippen LogP contribution in [0.15, 0.2) is 18.2 Å². The molecule has 0 fully saturated rings. The van der Waals surface area contributed by atoms with Gasteiger partial charge in [0.25, 0.3) is 0 Å². The lowest BCUT2D eigenvalue weighted by atomic mass is 10.1. The zero-order chi connectivity index (χ0) is 12.0. The van der Waals surface area contributed by atoms with Crippen molar-refractivity contribution in [1.82, 2.24) is 0 Å².